The van der Waals surface area contributed by atoms with Crippen molar-refractivity contribution in [1.29, 1.82) is 0 Å². The Balaban J connectivity index is -0.00000000720. The van der Waals surface area contributed by atoms with E-state index in [9.17, 15) is 0 Å². The molecule has 6 N–H and O–H groups in total. The molecule has 78 valence electrons. The van der Waals surface area contributed by atoms with E-state index in [4.69, 9.17) is 30.3 Å². The molecule has 13 heteroatoms. The minimum absolute atomic E-state index is 0. The van der Waals surface area contributed by atoms with Crippen LogP contribution in [0.4, 0.5) is 0 Å². The van der Waals surface area contributed by atoms with Crippen LogP contribution in [0.15, 0.2) is 16.0 Å². The van der Waals surface area contributed by atoms with Gasteiger partial charge in [-0.2, -0.15) is 0 Å². The maximum Gasteiger partial charge on any atom is 3.00 e. The van der Waals surface area contributed by atoms with Gasteiger partial charge in [0.2, 0.25) is 0 Å². The quantitative estimate of drug-likeness (QED) is 0.267. The van der Waals surface area contributed by atoms with Crippen LogP contribution in [0, 0.1) is 30.3 Å². The first-order valence-electron chi connectivity index (χ1n) is 1.10. The van der Waals surface area contributed by atoms with Crippen molar-refractivity contribution < 1.29 is 16.4 Å². The summed E-state index contributed by atoms with van der Waals surface area (Å²) in [5.41, 5.74) is 0. The summed E-state index contributed by atoms with van der Waals surface area (Å²) in [6.45, 7) is 0. The van der Waals surface area contributed by atoms with Crippen molar-refractivity contribution in [3.8, 4) is 0 Å². The van der Waals surface area contributed by atoms with Crippen molar-refractivity contribution >= 4 is 19.8 Å². The molecular formula is H6GaN3O9. The Bertz CT molecular complexity index is 51.6. The summed E-state index contributed by atoms with van der Waals surface area (Å²) in [6.07, 6.45) is 0. The molecule has 0 spiro atoms. The fourth-order valence-corrected chi connectivity index (χ4v) is 0. The normalized spacial score (nSPS) is 2.77. The first kappa shape index (κ1) is 60.5. The predicted molar refractivity (Wildman–Crippen MR) is 44.1 cm³/mol. The molecule has 0 heterocycles. The summed E-state index contributed by atoms with van der Waals surface area (Å²) in [6, 6.07) is 0. The Labute approximate surface area is 83.3 Å². The molecule has 0 saturated carbocycles. The van der Waals surface area contributed by atoms with Crippen molar-refractivity contribution in [2.24, 2.45) is 16.0 Å². The summed E-state index contributed by atoms with van der Waals surface area (Å²) in [5.74, 6) is 0. The maximum atomic E-state index is 8.00. The van der Waals surface area contributed by atoms with Gasteiger partial charge >= 0.3 is 19.8 Å². The second-order valence-corrected chi connectivity index (χ2v) is 0.224. The maximum absolute atomic E-state index is 8.00. The molecule has 0 saturated heterocycles. The first-order valence-corrected chi connectivity index (χ1v) is 1.10. The third-order valence-corrected chi connectivity index (χ3v) is 0. The molecule has 0 aromatic rings. The summed E-state index contributed by atoms with van der Waals surface area (Å²) in [4.78, 5) is 24.0. The number of hydrogen-bond acceptors (Lipinski definition) is 9. The Kier molecular flexibility index (Phi) is 1600. The average molecular weight is 262 g/mol. The molecule has 0 aromatic carbocycles. The Morgan fingerprint density at radius 3 is 0.615 bits per heavy atom. The van der Waals surface area contributed by atoms with Gasteiger partial charge in [0.15, 0.2) is 0 Å². The monoisotopic (exact) mass is 261 g/mol. The van der Waals surface area contributed by atoms with Crippen molar-refractivity contribution in [3.05, 3.63) is 30.3 Å². The van der Waals surface area contributed by atoms with Gasteiger partial charge < -0.3 is 46.8 Å². The average Bonchev–Trinajstić information content (AvgIpc) is 1.70. The topological polar surface area (TPSA) is 252 Å². The minimum atomic E-state index is 0. The molecule has 0 aliphatic rings. The van der Waals surface area contributed by atoms with Gasteiger partial charge in [-0.3, -0.25) is 0 Å². The summed E-state index contributed by atoms with van der Waals surface area (Å²) in [7, 11) is 0. The van der Waals surface area contributed by atoms with Crippen LogP contribution in [0.5, 0.6) is 0 Å². The van der Waals surface area contributed by atoms with Crippen LogP contribution in [-0.2, 0) is 0 Å². The molecular weight excluding hydrogens is 256 g/mol. The largest absolute Gasteiger partial charge is 3.00 e. The fraction of sp³-hybridized carbons (Fsp3) is 0. The zero-order valence-corrected chi connectivity index (χ0v) is 8.29. The van der Waals surface area contributed by atoms with Crippen LogP contribution < -0.4 is 0 Å². The number of hydrogen-bond donors (Lipinski definition) is 0. The minimum Gasteiger partial charge on any atom is -0.444 e. The standard InChI is InChI=1S/Ga.3HNO2.3H2O/c;3*2-1-3;;;/h;3*(H,2,3);3*1H2/q+3;;;;;;/p-3. The van der Waals surface area contributed by atoms with E-state index in [0.29, 0.717) is 0 Å². The molecule has 0 radical (unpaired) electrons. The van der Waals surface area contributed by atoms with E-state index in [1.165, 1.54) is 0 Å². The number of nitrogens with zero attached hydrogens (tertiary/aromatic N) is 3. The fourth-order valence-electron chi connectivity index (χ4n) is 0. The molecule has 0 aliphatic carbocycles. The van der Waals surface area contributed by atoms with Gasteiger partial charge in [-0.1, -0.05) is 0 Å². The molecule has 0 atom stereocenters. The molecule has 0 aromatic heterocycles. The van der Waals surface area contributed by atoms with Gasteiger partial charge in [0.25, 0.3) is 0 Å². The van der Waals surface area contributed by atoms with Gasteiger partial charge in [-0.15, -0.1) is 16.0 Å². The first-order chi connectivity index (χ1) is 4.24. The number of rotatable bonds is 0. The zero-order chi connectivity index (χ0) is 8.12. The van der Waals surface area contributed by atoms with Crippen LogP contribution in [0.25, 0.3) is 0 Å². The summed E-state index contributed by atoms with van der Waals surface area (Å²) >= 11 is 0. The van der Waals surface area contributed by atoms with Gasteiger partial charge in [0, 0.05) is 0 Å². The van der Waals surface area contributed by atoms with E-state index in [0.717, 1.165) is 16.0 Å². The molecule has 13 heavy (non-hydrogen) atoms. The Hall–Kier alpha value is -1.28. The zero-order valence-electron chi connectivity index (χ0n) is 5.87. The molecule has 0 rings (SSSR count). The third kappa shape index (κ3) is 494. The van der Waals surface area contributed by atoms with E-state index in [-0.39, 0.29) is 36.2 Å². The van der Waals surface area contributed by atoms with Crippen molar-refractivity contribution in [1.82, 2.24) is 0 Å². The van der Waals surface area contributed by atoms with Gasteiger partial charge in [0.1, 0.15) is 0 Å². The van der Waals surface area contributed by atoms with Gasteiger partial charge in [-0.25, -0.2) is 0 Å². The molecule has 0 amide bonds. The van der Waals surface area contributed by atoms with Gasteiger partial charge in [-0.05, 0) is 0 Å². The van der Waals surface area contributed by atoms with E-state index >= 15 is 0 Å². The van der Waals surface area contributed by atoms with Crippen molar-refractivity contribution in [2.45, 2.75) is 0 Å². The van der Waals surface area contributed by atoms with Gasteiger partial charge in [0.05, 0.1) is 0 Å². The van der Waals surface area contributed by atoms with E-state index in [2.05, 4.69) is 0 Å². The van der Waals surface area contributed by atoms with Crippen LogP contribution in [0.3, 0.4) is 0 Å². The second-order valence-electron chi connectivity index (χ2n) is 0.224. The smallest absolute Gasteiger partial charge is 0.444 e. The molecule has 0 aliphatic heterocycles. The van der Waals surface area contributed by atoms with Crippen molar-refractivity contribution in [2.75, 3.05) is 0 Å². The van der Waals surface area contributed by atoms with Crippen LogP contribution in [0.1, 0.15) is 0 Å². The van der Waals surface area contributed by atoms with E-state index < -0.39 is 0 Å². The molecule has 0 bridgehead atoms. The van der Waals surface area contributed by atoms with Crippen LogP contribution in [0.2, 0.25) is 0 Å². The molecule has 0 fully saturated rings. The molecule has 12 nitrogen and oxygen atoms in total. The summed E-state index contributed by atoms with van der Waals surface area (Å²) in [5, 5.41) is 27.0. The Morgan fingerprint density at radius 1 is 0.615 bits per heavy atom. The summed E-state index contributed by atoms with van der Waals surface area (Å²) < 4.78 is 0. The molecule has 0 unspecified atom stereocenters. The van der Waals surface area contributed by atoms with Crippen molar-refractivity contribution in [3.63, 3.8) is 0 Å². The second kappa shape index (κ2) is 343. The van der Waals surface area contributed by atoms with E-state index in [1.54, 1.807) is 0 Å². The van der Waals surface area contributed by atoms with Crippen LogP contribution >= 0.6 is 0 Å². The predicted octanol–water partition coefficient (Wildman–Crippen LogP) is -2.10. The SMILES string of the molecule is O.O.O.O=N[O-].O=N[O-].O=N[O-].[Ga+3]. The third-order valence-electron chi connectivity index (χ3n) is 0. The Morgan fingerprint density at radius 2 is 0.615 bits per heavy atom. The van der Waals surface area contributed by atoms with Crippen LogP contribution in [-0.4, -0.2) is 36.2 Å². The van der Waals surface area contributed by atoms with E-state index in [1.807, 2.05) is 0 Å².